The first-order valence-electron chi connectivity index (χ1n) is 3.51. The lowest BCUT2D eigenvalue weighted by atomic mass is 9.92. The first-order valence-corrected chi connectivity index (χ1v) is 4.31. The van der Waals surface area contributed by atoms with Gasteiger partial charge in [-0.15, -0.1) is 0 Å². The van der Waals surface area contributed by atoms with Gasteiger partial charge in [0.05, 0.1) is 12.0 Å². The van der Waals surface area contributed by atoms with E-state index < -0.39 is 18.2 Å². The summed E-state index contributed by atoms with van der Waals surface area (Å²) < 4.78 is 36.7. The van der Waals surface area contributed by atoms with Crippen LogP contribution in [0.4, 0.5) is 13.2 Å². The zero-order valence-corrected chi connectivity index (χ0v) is 7.69. The number of aliphatic hydroxyl groups is 1. The third-order valence-electron chi connectivity index (χ3n) is 1.89. The largest absolute Gasteiger partial charge is 0.392 e. The van der Waals surface area contributed by atoms with Crippen LogP contribution in [0.5, 0.6) is 0 Å². The molecule has 0 amide bonds. The summed E-state index contributed by atoms with van der Waals surface area (Å²) in [6, 6.07) is 0. The van der Waals surface area contributed by atoms with Crippen LogP contribution in [0, 0.1) is 5.92 Å². The molecule has 0 spiro atoms. The molecule has 1 aliphatic rings. The predicted molar refractivity (Wildman–Crippen MR) is 41.8 cm³/mol. The maximum atomic E-state index is 12.1. The fraction of sp³-hybridized carbons (Fsp3) is 0.714. The highest BCUT2D eigenvalue weighted by molar-refractivity contribution is 9.11. The highest BCUT2D eigenvalue weighted by Gasteiger charge is 2.41. The Morgan fingerprint density at radius 1 is 1.50 bits per heavy atom. The number of hydrogen-bond donors (Lipinski definition) is 1. The maximum absolute atomic E-state index is 12.1. The first-order chi connectivity index (χ1) is 5.41. The summed E-state index contributed by atoms with van der Waals surface area (Å²) in [6.45, 7) is 0. The second-order valence-electron chi connectivity index (χ2n) is 2.81. The SMILES string of the molecule is O[C@@H]1C[C@@H](C(F)(F)F)CC=C1Br. The fourth-order valence-corrected chi connectivity index (χ4v) is 1.51. The van der Waals surface area contributed by atoms with E-state index in [1.807, 2.05) is 0 Å². The Kier molecular flexibility index (Phi) is 2.83. The van der Waals surface area contributed by atoms with Crippen molar-refractivity contribution in [3.63, 3.8) is 0 Å². The van der Waals surface area contributed by atoms with E-state index in [2.05, 4.69) is 15.9 Å². The van der Waals surface area contributed by atoms with E-state index in [0.29, 0.717) is 4.48 Å². The summed E-state index contributed by atoms with van der Waals surface area (Å²) in [5.74, 6) is -1.39. The molecule has 12 heavy (non-hydrogen) atoms. The molecule has 0 fully saturated rings. The Morgan fingerprint density at radius 2 is 2.08 bits per heavy atom. The Balaban J connectivity index is 2.65. The van der Waals surface area contributed by atoms with Gasteiger partial charge in [0.15, 0.2) is 0 Å². The topological polar surface area (TPSA) is 20.2 Å². The van der Waals surface area contributed by atoms with Crippen molar-refractivity contribution in [1.82, 2.24) is 0 Å². The van der Waals surface area contributed by atoms with Gasteiger partial charge in [-0.3, -0.25) is 0 Å². The summed E-state index contributed by atoms with van der Waals surface area (Å²) in [7, 11) is 0. The van der Waals surface area contributed by atoms with Gasteiger partial charge in [-0.25, -0.2) is 0 Å². The van der Waals surface area contributed by atoms with Gasteiger partial charge >= 0.3 is 6.18 Å². The Labute approximate surface area is 76.4 Å². The van der Waals surface area contributed by atoms with Crippen LogP contribution in [0.3, 0.4) is 0 Å². The molecule has 0 aliphatic heterocycles. The first kappa shape index (κ1) is 10.1. The van der Waals surface area contributed by atoms with E-state index >= 15 is 0 Å². The molecule has 70 valence electrons. The molecular formula is C7H8BrF3O. The average Bonchev–Trinajstić information content (AvgIpc) is 1.92. The second kappa shape index (κ2) is 3.38. The van der Waals surface area contributed by atoms with Crippen LogP contribution in [0.1, 0.15) is 12.8 Å². The van der Waals surface area contributed by atoms with Crippen molar-refractivity contribution < 1.29 is 18.3 Å². The summed E-state index contributed by atoms with van der Waals surface area (Å²) in [6.07, 6.45) is -4.08. The minimum atomic E-state index is -4.19. The monoisotopic (exact) mass is 244 g/mol. The Morgan fingerprint density at radius 3 is 2.50 bits per heavy atom. The number of rotatable bonds is 0. The summed E-state index contributed by atoms with van der Waals surface area (Å²) in [5, 5.41) is 9.10. The van der Waals surface area contributed by atoms with E-state index in [-0.39, 0.29) is 12.8 Å². The molecule has 0 radical (unpaired) electrons. The van der Waals surface area contributed by atoms with Gasteiger partial charge in [0.25, 0.3) is 0 Å². The minimum Gasteiger partial charge on any atom is -0.388 e. The zero-order chi connectivity index (χ0) is 9.35. The van der Waals surface area contributed by atoms with Crippen LogP contribution >= 0.6 is 15.9 Å². The number of aliphatic hydroxyl groups excluding tert-OH is 1. The quantitative estimate of drug-likeness (QED) is 0.695. The second-order valence-corrected chi connectivity index (χ2v) is 3.73. The third-order valence-corrected chi connectivity index (χ3v) is 2.74. The summed E-state index contributed by atoms with van der Waals surface area (Å²) >= 11 is 2.99. The standard InChI is InChI=1S/C7H8BrF3O/c8-5-2-1-4(3-6(5)12)7(9,10)11/h2,4,6,12H,1,3H2/t4-,6+/m0/s1. The van der Waals surface area contributed by atoms with E-state index in [4.69, 9.17) is 5.11 Å². The van der Waals surface area contributed by atoms with E-state index in [9.17, 15) is 13.2 Å². The summed E-state index contributed by atoms with van der Waals surface area (Å²) in [5.41, 5.74) is 0. The van der Waals surface area contributed by atoms with Crippen LogP contribution in [-0.2, 0) is 0 Å². The van der Waals surface area contributed by atoms with Gasteiger partial charge in [-0.05, 0) is 12.8 Å². The van der Waals surface area contributed by atoms with Crippen molar-refractivity contribution in [3.8, 4) is 0 Å². The molecule has 0 saturated carbocycles. The van der Waals surface area contributed by atoms with Crippen molar-refractivity contribution in [2.24, 2.45) is 5.92 Å². The molecule has 0 heterocycles. The zero-order valence-electron chi connectivity index (χ0n) is 6.11. The lowest BCUT2D eigenvalue weighted by Gasteiger charge is -2.25. The van der Waals surface area contributed by atoms with Crippen LogP contribution in [0.15, 0.2) is 10.6 Å². The normalized spacial score (nSPS) is 31.6. The number of allylic oxidation sites excluding steroid dienone is 1. The van der Waals surface area contributed by atoms with Crippen molar-refractivity contribution in [1.29, 1.82) is 0 Å². The van der Waals surface area contributed by atoms with Gasteiger partial charge in [0, 0.05) is 4.48 Å². The van der Waals surface area contributed by atoms with Crippen LogP contribution in [-0.4, -0.2) is 17.4 Å². The average molecular weight is 245 g/mol. The Hall–Kier alpha value is -0.0300. The van der Waals surface area contributed by atoms with Crippen LogP contribution < -0.4 is 0 Å². The van der Waals surface area contributed by atoms with E-state index in [1.165, 1.54) is 6.08 Å². The highest BCUT2D eigenvalue weighted by Crippen LogP contribution is 2.38. The van der Waals surface area contributed by atoms with Crippen LogP contribution in [0.2, 0.25) is 0 Å². The molecule has 1 rings (SSSR count). The third kappa shape index (κ3) is 2.23. The molecule has 0 unspecified atom stereocenters. The van der Waals surface area contributed by atoms with Gasteiger partial charge in [0.1, 0.15) is 0 Å². The predicted octanol–water partition coefficient (Wildman–Crippen LogP) is 2.60. The fourth-order valence-electron chi connectivity index (χ4n) is 1.14. The maximum Gasteiger partial charge on any atom is 0.392 e. The Bertz CT molecular complexity index is 199. The molecule has 0 aromatic rings. The van der Waals surface area contributed by atoms with Crippen molar-refractivity contribution in [3.05, 3.63) is 10.6 Å². The molecule has 2 atom stereocenters. The van der Waals surface area contributed by atoms with Gasteiger partial charge in [-0.2, -0.15) is 13.2 Å². The van der Waals surface area contributed by atoms with Crippen molar-refractivity contribution >= 4 is 15.9 Å². The van der Waals surface area contributed by atoms with E-state index in [0.717, 1.165) is 0 Å². The molecule has 0 bridgehead atoms. The van der Waals surface area contributed by atoms with E-state index in [1.54, 1.807) is 0 Å². The molecule has 1 nitrogen and oxygen atoms in total. The van der Waals surface area contributed by atoms with Gasteiger partial charge in [-0.1, -0.05) is 22.0 Å². The number of halogens is 4. The molecule has 0 saturated heterocycles. The number of alkyl halides is 3. The molecule has 1 N–H and O–H groups in total. The lowest BCUT2D eigenvalue weighted by Crippen LogP contribution is -2.29. The van der Waals surface area contributed by atoms with Crippen molar-refractivity contribution in [2.75, 3.05) is 0 Å². The molecule has 5 heteroatoms. The lowest BCUT2D eigenvalue weighted by molar-refractivity contribution is -0.180. The van der Waals surface area contributed by atoms with Crippen LogP contribution in [0.25, 0.3) is 0 Å². The van der Waals surface area contributed by atoms with Gasteiger partial charge in [0.2, 0.25) is 0 Å². The minimum absolute atomic E-state index is 0.0405. The summed E-state index contributed by atoms with van der Waals surface area (Å²) in [4.78, 5) is 0. The van der Waals surface area contributed by atoms with Gasteiger partial charge < -0.3 is 5.11 Å². The smallest absolute Gasteiger partial charge is 0.388 e. The van der Waals surface area contributed by atoms with Crippen molar-refractivity contribution in [2.45, 2.75) is 25.1 Å². The molecular weight excluding hydrogens is 237 g/mol. The highest BCUT2D eigenvalue weighted by atomic mass is 79.9. The molecule has 0 aromatic carbocycles. The molecule has 0 aromatic heterocycles. The number of hydrogen-bond acceptors (Lipinski definition) is 1. The molecule has 1 aliphatic carbocycles.